The van der Waals surface area contributed by atoms with Crippen LogP contribution in [0.4, 0.5) is 4.39 Å². The second kappa shape index (κ2) is 7.23. The minimum Gasteiger partial charge on any atom is -0.288 e. The summed E-state index contributed by atoms with van der Waals surface area (Å²) in [6, 6.07) is 16.2. The first-order valence-corrected chi connectivity index (χ1v) is 10.8. The van der Waals surface area contributed by atoms with E-state index in [0.717, 1.165) is 40.6 Å². The summed E-state index contributed by atoms with van der Waals surface area (Å²) in [5, 5.41) is 0.757. The zero-order chi connectivity index (χ0) is 20.0. The molecule has 0 saturated heterocycles. The molecule has 5 heteroatoms. The predicted molar refractivity (Wildman–Crippen MR) is 116 cm³/mol. The summed E-state index contributed by atoms with van der Waals surface area (Å²) in [7, 11) is 0. The van der Waals surface area contributed by atoms with Gasteiger partial charge in [-0.2, -0.15) is 0 Å². The molecule has 146 valence electrons. The largest absolute Gasteiger partial charge is 0.288 e. The van der Waals surface area contributed by atoms with Crippen molar-refractivity contribution >= 4 is 21.6 Å². The highest BCUT2D eigenvalue weighted by Crippen LogP contribution is 2.36. The molecule has 1 atom stereocenters. The lowest BCUT2D eigenvalue weighted by Crippen LogP contribution is -2.24. The van der Waals surface area contributed by atoms with Crippen LogP contribution in [0.15, 0.2) is 59.4 Å². The van der Waals surface area contributed by atoms with E-state index in [0.29, 0.717) is 18.3 Å². The van der Waals surface area contributed by atoms with Crippen molar-refractivity contribution < 1.29 is 4.39 Å². The number of aryl methyl sites for hydroxylation is 1. The number of benzene rings is 2. The van der Waals surface area contributed by atoms with Crippen LogP contribution in [0.3, 0.4) is 0 Å². The SMILES string of the molecule is CC1CCc2c(sc3nc(-c4ccccc4)n(Cc4cccc(F)c4)c(=O)c23)C1. The first kappa shape index (κ1) is 18.3. The van der Waals surface area contributed by atoms with Crippen molar-refractivity contribution in [1.29, 1.82) is 0 Å². The molecule has 0 spiro atoms. The van der Waals surface area contributed by atoms with Gasteiger partial charge in [0.2, 0.25) is 0 Å². The van der Waals surface area contributed by atoms with E-state index in [1.807, 2.05) is 36.4 Å². The maximum Gasteiger partial charge on any atom is 0.263 e. The Morgan fingerprint density at radius 1 is 1.17 bits per heavy atom. The van der Waals surface area contributed by atoms with E-state index in [1.54, 1.807) is 22.0 Å². The molecule has 0 N–H and O–H groups in total. The fourth-order valence-electron chi connectivity index (χ4n) is 4.20. The van der Waals surface area contributed by atoms with Gasteiger partial charge in [-0.25, -0.2) is 9.37 Å². The fraction of sp³-hybridized carbons (Fsp3) is 0.250. The van der Waals surface area contributed by atoms with Gasteiger partial charge in [0, 0.05) is 10.4 Å². The second-order valence-electron chi connectivity index (χ2n) is 7.85. The summed E-state index contributed by atoms with van der Waals surface area (Å²) < 4.78 is 15.5. The Morgan fingerprint density at radius 2 is 2.00 bits per heavy atom. The Bertz CT molecular complexity index is 1260. The van der Waals surface area contributed by atoms with Crippen molar-refractivity contribution in [2.45, 2.75) is 32.7 Å². The average Bonchev–Trinajstić information content (AvgIpc) is 3.08. The van der Waals surface area contributed by atoms with Gasteiger partial charge in [-0.3, -0.25) is 9.36 Å². The van der Waals surface area contributed by atoms with Gasteiger partial charge in [-0.15, -0.1) is 11.3 Å². The third kappa shape index (κ3) is 3.29. The topological polar surface area (TPSA) is 34.9 Å². The molecule has 0 aliphatic heterocycles. The van der Waals surface area contributed by atoms with Gasteiger partial charge < -0.3 is 0 Å². The molecule has 2 heterocycles. The van der Waals surface area contributed by atoms with E-state index in [2.05, 4.69) is 6.92 Å². The zero-order valence-electron chi connectivity index (χ0n) is 16.2. The smallest absolute Gasteiger partial charge is 0.263 e. The van der Waals surface area contributed by atoms with Crippen LogP contribution in [0.5, 0.6) is 0 Å². The van der Waals surface area contributed by atoms with E-state index in [-0.39, 0.29) is 11.4 Å². The summed E-state index contributed by atoms with van der Waals surface area (Å²) in [5.41, 5.74) is 2.80. The quantitative estimate of drug-likeness (QED) is 0.456. The first-order valence-electron chi connectivity index (χ1n) is 9.95. The Morgan fingerprint density at radius 3 is 2.79 bits per heavy atom. The van der Waals surface area contributed by atoms with Crippen LogP contribution in [0, 0.1) is 11.7 Å². The number of halogens is 1. The number of fused-ring (bicyclic) bond motifs is 3. The third-order valence-corrected chi connectivity index (χ3v) is 6.83. The molecule has 0 amide bonds. The van der Waals surface area contributed by atoms with Crippen LogP contribution in [0.1, 0.15) is 29.3 Å². The number of hydrogen-bond acceptors (Lipinski definition) is 3. The number of rotatable bonds is 3. The summed E-state index contributed by atoms with van der Waals surface area (Å²) >= 11 is 1.66. The number of aromatic nitrogens is 2. The molecule has 5 rings (SSSR count). The molecule has 3 nitrogen and oxygen atoms in total. The van der Waals surface area contributed by atoms with Crippen LogP contribution >= 0.6 is 11.3 Å². The van der Waals surface area contributed by atoms with Gasteiger partial charge in [-0.05, 0) is 48.4 Å². The molecule has 4 aromatic rings. The maximum absolute atomic E-state index is 13.8. The molecule has 29 heavy (non-hydrogen) atoms. The minimum absolute atomic E-state index is 0.0230. The predicted octanol–water partition coefficient (Wildman–Crippen LogP) is 5.44. The standard InChI is InChI=1S/C24H21FN2OS/c1-15-10-11-19-20(12-15)29-23-21(19)24(28)27(14-16-6-5-9-18(25)13-16)22(26-23)17-7-3-2-4-8-17/h2-9,13,15H,10-12,14H2,1H3. The summed E-state index contributed by atoms with van der Waals surface area (Å²) in [6.07, 6.45) is 3.04. The van der Waals surface area contributed by atoms with Crippen molar-refractivity contribution in [3.05, 3.63) is 86.8 Å². The van der Waals surface area contributed by atoms with E-state index in [9.17, 15) is 9.18 Å². The monoisotopic (exact) mass is 404 g/mol. The Kier molecular flexibility index (Phi) is 4.55. The van der Waals surface area contributed by atoms with Crippen LogP contribution < -0.4 is 5.56 Å². The van der Waals surface area contributed by atoms with Gasteiger partial charge in [0.25, 0.3) is 5.56 Å². The van der Waals surface area contributed by atoms with Gasteiger partial charge in [0.1, 0.15) is 16.5 Å². The van der Waals surface area contributed by atoms with E-state index in [1.165, 1.54) is 22.6 Å². The molecule has 1 unspecified atom stereocenters. The van der Waals surface area contributed by atoms with Crippen LogP contribution in [0.2, 0.25) is 0 Å². The molecule has 0 fully saturated rings. The van der Waals surface area contributed by atoms with Crippen molar-refractivity contribution in [2.75, 3.05) is 0 Å². The lowest BCUT2D eigenvalue weighted by atomic mass is 9.89. The second-order valence-corrected chi connectivity index (χ2v) is 8.94. The molecule has 0 saturated carbocycles. The van der Waals surface area contributed by atoms with Crippen molar-refractivity contribution in [2.24, 2.45) is 5.92 Å². The van der Waals surface area contributed by atoms with Crippen molar-refractivity contribution in [3.8, 4) is 11.4 Å². The Hall–Kier alpha value is -2.79. The van der Waals surface area contributed by atoms with E-state index < -0.39 is 0 Å². The van der Waals surface area contributed by atoms with Crippen LogP contribution in [-0.4, -0.2) is 9.55 Å². The Balaban J connectivity index is 1.76. The van der Waals surface area contributed by atoms with Gasteiger partial charge in [0.15, 0.2) is 0 Å². The van der Waals surface area contributed by atoms with E-state index in [4.69, 9.17) is 4.98 Å². The summed E-state index contributed by atoms with van der Waals surface area (Å²) in [6.45, 7) is 2.56. The number of hydrogen-bond donors (Lipinski definition) is 0. The van der Waals surface area contributed by atoms with E-state index >= 15 is 0 Å². The highest BCUT2D eigenvalue weighted by Gasteiger charge is 2.25. The van der Waals surface area contributed by atoms with Crippen molar-refractivity contribution in [1.82, 2.24) is 9.55 Å². The zero-order valence-corrected chi connectivity index (χ0v) is 17.0. The summed E-state index contributed by atoms with van der Waals surface area (Å²) in [5.74, 6) is 0.977. The van der Waals surface area contributed by atoms with Crippen LogP contribution in [0.25, 0.3) is 21.6 Å². The van der Waals surface area contributed by atoms with Gasteiger partial charge in [0.05, 0.1) is 11.9 Å². The minimum atomic E-state index is -0.298. The van der Waals surface area contributed by atoms with Crippen LogP contribution in [-0.2, 0) is 19.4 Å². The Labute approximate surface area is 172 Å². The molecule has 2 aromatic heterocycles. The normalized spacial score (nSPS) is 16.1. The number of thiophene rings is 1. The maximum atomic E-state index is 13.8. The number of nitrogens with zero attached hydrogens (tertiary/aromatic N) is 2. The molecular formula is C24H21FN2OS. The van der Waals surface area contributed by atoms with Gasteiger partial charge >= 0.3 is 0 Å². The average molecular weight is 405 g/mol. The van der Waals surface area contributed by atoms with Crippen molar-refractivity contribution in [3.63, 3.8) is 0 Å². The highest BCUT2D eigenvalue weighted by atomic mass is 32.1. The van der Waals surface area contributed by atoms with Gasteiger partial charge in [-0.1, -0.05) is 49.4 Å². The molecular weight excluding hydrogens is 383 g/mol. The molecule has 0 bridgehead atoms. The molecule has 1 aliphatic carbocycles. The highest BCUT2D eigenvalue weighted by molar-refractivity contribution is 7.18. The first-order chi connectivity index (χ1) is 14.1. The fourth-order valence-corrected chi connectivity index (χ4v) is 5.57. The summed E-state index contributed by atoms with van der Waals surface area (Å²) in [4.78, 5) is 20.7. The lowest BCUT2D eigenvalue weighted by Gasteiger charge is -2.18. The lowest BCUT2D eigenvalue weighted by molar-refractivity contribution is 0.509. The third-order valence-electron chi connectivity index (χ3n) is 5.68. The molecule has 0 radical (unpaired) electrons. The molecule has 2 aromatic carbocycles. The molecule has 1 aliphatic rings.